The minimum absolute atomic E-state index is 0.0700. The molecule has 2 heteroatoms. The monoisotopic (exact) mass is 304 g/mol. The van der Waals surface area contributed by atoms with E-state index >= 15 is 0 Å². The van der Waals surface area contributed by atoms with E-state index in [-0.39, 0.29) is 5.60 Å². The Morgan fingerprint density at radius 2 is 2.00 bits per heavy atom. The maximum absolute atomic E-state index is 12.2. The van der Waals surface area contributed by atoms with Crippen molar-refractivity contribution in [1.29, 1.82) is 0 Å². The Balaban J connectivity index is 2.14. The van der Waals surface area contributed by atoms with Crippen LogP contribution < -0.4 is 0 Å². The number of fused-ring (bicyclic) bond motifs is 1. The van der Waals surface area contributed by atoms with Gasteiger partial charge < -0.3 is 4.74 Å². The highest BCUT2D eigenvalue weighted by molar-refractivity contribution is 5.80. The molecule has 0 amide bonds. The van der Waals surface area contributed by atoms with Crippen LogP contribution in [-0.2, 0) is 9.53 Å². The second-order valence-corrected chi connectivity index (χ2v) is 7.93. The molecule has 0 radical (unpaired) electrons. The van der Waals surface area contributed by atoms with Crippen LogP contribution in [0.1, 0.15) is 73.1 Å². The highest BCUT2D eigenvalue weighted by Gasteiger charge is 2.50. The van der Waals surface area contributed by atoms with Gasteiger partial charge in [-0.2, -0.15) is 0 Å². The molecule has 2 rings (SSSR count). The van der Waals surface area contributed by atoms with Crippen molar-refractivity contribution < 1.29 is 9.53 Å². The van der Waals surface area contributed by atoms with Crippen LogP contribution in [0.3, 0.4) is 0 Å². The van der Waals surface area contributed by atoms with Gasteiger partial charge in [-0.25, -0.2) is 0 Å². The van der Waals surface area contributed by atoms with Crippen molar-refractivity contribution in [3.8, 4) is 0 Å². The fourth-order valence-corrected chi connectivity index (χ4v) is 3.45. The number of Topliss-reactive ketones (excluding diaryl/α,β-unsaturated/α-hetero) is 1. The third-order valence-corrected chi connectivity index (χ3v) is 5.24. The van der Waals surface area contributed by atoms with Crippen molar-refractivity contribution in [2.45, 2.75) is 84.8 Å². The number of carbonyl (C=O) groups is 1. The molecule has 0 spiro atoms. The molecule has 0 saturated carbocycles. The number of rotatable bonds is 1. The normalized spacial score (nSPS) is 39.3. The quantitative estimate of drug-likeness (QED) is 0.621. The number of allylic oxidation sites excluding steroid dienone is 4. The molecule has 22 heavy (non-hydrogen) atoms. The van der Waals surface area contributed by atoms with Gasteiger partial charge in [0, 0.05) is 12.8 Å². The summed E-state index contributed by atoms with van der Waals surface area (Å²) in [4.78, 5) is 12.2. The molecule has 1 aliphatic heterocycles. The van der Waals surface area contributed by atoms with E-state index in [1.54, 1.807) is 0 Å². The summed E-state index contributed by atoms with van der Waals surface area (Å²) >= 11 is 0. The minimum atomic E-state index is 0.0700. The van der Waals surface area contributed by atoms with Gasteiger partial charge in [-0.05, 0) is 51.4 Å². The number of carbonyl (C=O) groups excluding carboxylic acids is 1. The van der Waals surface area contributed by atoms with Crippen molar-refractivity contribution in [3.05, 3.63) is 23.3 Å². The molecule has 0 aromatic heterocycles. The molecule has 2 aliphatic rings. The van der Waals surface area contributed by atoms with E-state index in [0.717, 1.165) is 25.7 Å². The molecule has 1 aliphatic carbocycles. The molecule has 1 fully saturated rings. The summed E-state index contributed by atoms with van der Waals surface area (Å²) in [6.07, 6.45) is 10.5. The first-order chi connectivity index (χ1) is 10.3. The van der Waals surface area contributed by atoms with Crippen molar-refractivity contribution in [1.82, 2.24) is 0 Å². The predicted molar refractivity (Wildman–Crippen MR) is 91.8 cm³/mol. The molecule has 0 unspecified atom stereocenters. The van der Waals surface area contributed by atoms with Crippen molar-refractivity contribution in [3.63, 3.8) is 0 Å². The second kappa shape index (κ2) is 7.12. The number of ether oxygens (including phenoxy) is 1. The summed E-state index contributed by atoms with van der Waals surface area (Å²) in [5.41, 5.74) is 2.72. The van der Waals surface area contributed by atoms with Gasteiger partial charge in [0.25, 0.3) is 0 Å². The summed E-state index contributed by atoms with van der Waals surface area (Å²) in [5, 5.41) is 0. The SMILES string of the molecule is C/C1=C/C=C(\C(C)C)CC[C@]2(C)O[C@H]2CC[C@@H](C)CC(=O)C1. The summed E-state index contributed by atoms with van der Waals surface area (Å²) < 4.78 is 5.98. The molecular formula is C20H32O2. The van der Waals surface area contributed by atoms with Crippen LogP contribution in [0.15, 0.2) is 23.3 Å². The van der Waals surface area contributed by atoms with Crippen LogP contribution in [0.5, 0.6) is 0 Å². The Kier molecular flexibility index (Phi) is 5.65. The highest BCUT2D eigenvalue weighted by Crippen LogP contribution is 2.44. The first-order valence-corrected chi connectivity index (χ1v) is 8.86. The van der Waals surface area contributed by atoms with E-state index in [2.05, 4.69) is 46.8 Å². The Morgan fingerprint density at radius 1 is 1.27 bits per heavy atom. The third kappa shape index (κ3) is 4.81. The Morgan fingerprint density at radius 3 is 2.68 bits per heavy atom. The molecule has 1 saturated heterocycles. The third-order valence-electron chi connectivity index (χ3n) is 5.24. The standard InChI is InChI=1S/C20H32O2/c1-14(2)17-8-6-15(3)12-18(21)13-16(4)7-9-19-20(5,22-19)11-10-17/h6,8,14,16,19H,7,9-13H2,1-5H3/b15-6-,17-8-/t16-,19+,20+/m1/s1. The minimum Gasteiger partial charge on any atom is -0.366 e. The zero-order chi connectivity index (χ0) is 16.3. The number of ketones is 1. The summed E-state index contributed by atoms with van der Waals surface area (Å²) in [7, 11) is 0. The summed E-state index contributed by atoms with van der Waals surface area (Å²) in [6, 6.07) is 0. The van der Waals surface area contributed by atoms with Crippen LogP contribution >= 0.6 is 0 Å². The first kappa shape index (κ1) is 17.5. The van der Waals surface area contributed by atoms with Crippen molar-refractivity contribution in [2.75, 3.05) is 0 Å². The van der Waals surface area contributed by atoms with E-state index in [1.165, 1.54) is 11.1 Å². The summed E-state index contributed by atoms with van der Waals surface area (Å²) in [5.74, 6) is 1.39. The zero-order valence-corrected chi connectivity index (χ0v) is 14.9. The largest absolute Gasteiger partial charge is 0.366 e. The average molecular weight is 304 g/mol. The topological polar surface area (TPSA) is 29.6 Å². The van der Waals surface area contributed by atoms with E-state index in [1.807, 2.05) is 0 Å². The van der Waals surface area contributed by atoms with E-state index in [9.17, 15) is 4.79 Å². The van der Waals surface area contributed by atoms with Crippen molar-refractivity contribution >= 4 is 5.78 Å². The van der Waals surface area contributed by atoms with Crippen LogP contribution in [0.4, 0.5) is 0 Å². The Labute approximate surface area is 136 Å². The van der Waals surface area contributed by atoms with E-state index in [0.29, 0.717) is 36.6 Å². The van der Waals surface area contributed by atoms with E-state index < -0.39 is 0 Å². The summed E-state index contributed by atoms with van der Waals surface area (Å²) in [6.45, 7) is 11.0. The first-order valence-electron chi connectivity index (χ1n) is 8.86. The van der Waals surface area contributed by atoms with Gasteiger partial charge in [-0.3, -0.25) is 4.79 Å². The lowest BCUT2D eigenvalue weighted by atomic mass is 9.88. The number of epoxide rings is 1. The molecule has 2 nitrogen and oxygen atoms in total. The molecule has 0 aromatic rings. The van der Waals surface area contributed by atoms with Gasteiger partial charge in [0.15, 0.2) is 0 Å². The molecule has 3 atom stereocenters. The molecule has 0 bridgehead atoms. The Hall–Kier alpha value is -0.890. The predicted octanol–water partition coefficient (Wildman–Crippen LogP) is 5.23. The van der Waals surface area contributed by atoms with Crippen LogP contribution in [-0.4, -0.2) is 17.5 Å². The lowest BCUT2D eigenvalue weighted by Gasteiger charge is -2.15. The van der Waals surface area contributed by atoms with Crippen molar-refractivity contribution in [2.24, 2.45) is 11.8 Å². The smallest absolute Gasteiger partial charge is 0.137 e. The van der Waals surface area contributed by atoms with Gasteiger partial charge in [0.05, 0.1) is 11.7 Å². The van der Waals surface area contributed by atoms with E-state index in [4.69, 9.17) is 4.74 Å². The van der Waals surface area contributed by atoms with Gasteiger partial charge in [-0.15, -0.1) is 0 Å². The van der Waals surface area contributed by atoms with Gasteiger partial charge in [-0.1, -0.05) is 44.1 Å². The maximum atomic E-state index is 12.2. The molecule has 124 valence electrons. The average Bonchev–Trinajstić information content (AvgIpc) is 3.06. The second-order valence-electron chi connectivity index (χ2n) is 7.93. The lowest BCUT2D eigenvalue weighted by Crippen LogP contribution is -2.13. The number of hydrogen-bond acceptors (Lipinski definition) is 2. The Bertz CT molecular complexity index is 472. The zero-order valence-electron chi connectivity index (χ0n) is 14.9. The number of hydrogen-bond donors (Lipinski definition) is 0. The van der Waals surface area contributed by atoms with Crippen LogP contribution in [0.2, 0.25) is 0 Å². The van der Waals surface area contributed by atoms with Crippen LogP contribution in [0.25, 0.3) is 0 Å². The van der Waals surface area contributed by atoms with Crippen LogP contribution in [0, 0.1) is 11.8 Å². The van der Waals surface area contributed by atoms with Gasteiger partial charge in [0.1, 0.15) is 5.78 Å². The maximum Gasteiger partial charge on any atom is 0.137 e. The fourth-order valence-electron chi connectivity index (χ4n) is 3.45. The van der Waals surface area contributed by atoms with Gasteiger partial charge in [0.2, 0.25) is 0 Å². The highest BCUT2D eigenvalue weighted by atomic mass is 16.6. The molecular weight excluding hydrogens is 272 g/mol. The van der Waals surface area contributed by atoms with Gasteiger partial charge >= 0.3 is 0 Å². The molecule has 0 N–H and O–H groups in total. The molecule has 0 aromatic carbocycles. The molecule has 1 heterocycles. The fraction of sp³-hybridized carbons (Fsp3) is 0.750. The lowest BCUT2D eigenvalue weighted by molar-refractivity contribution is -0.119.